The molecule has 2 aromatic heterocycles. The number of piperidine rings is 1. The molecule has 0 aliphatic carbocycles. The van der Waals surface area contributed by atoms with Gasteiger partial charge in [0.25, 0.3) is 10.0 Å². The molecular weight excluding hydrogens is 456 g/mol. The van der Waals surface area contributed by atoms with Gasteiger partial charge in [-0.2, -0.15) is 4.31 Å². The zero-order valence-corrected chi connectivity index (χ0v) is 19.1. The molecule has 0 bridgehead atoms. The molecule has 0 spiro atoms. The number of carbonyl (C=O) groups is 1. The van der Waals surface area contributed by atoms with Crippen LogP contribution in [0.4, 0.5) is 6.01 Å². The van der Waals surface area contributed by atoms with Gasteiger partial charge >= 0.3 is 6.01 Å². The van der Waals surface area contributed by atoms with E-state index in [1.54, 1.807) is 29.6 Å². The third-order valence-corrected chi connectivity index (χ3v) is 8.35. The fourth-order valence-electron chi connectivity index (χ4n) is 3.49. The summed E-state index contributed by atoms with van der Waals surface area (Å²) in [6, 6.07) is 7.32. The number of nitrogens with zero attached hydrogens (tertiary/aromatic N) is 3. The second kappa shape index (κ2) is 9.27. The molecule has 0 radical (unpaired) electrons. The van der Waals surface area contributed by atoms with Gasteiger partial charge in [0.1, 0.15) is 21.8 Å². The van der Waals surface area contributed by atoms with E-state index in [1.165, 1.54) is 24.6 Å². The lowest BCUT2D eigenvalue weighted by Crippen LogP contribution is -2.49. The maximum absolute atomic E-state index is 13.0. The van der Waals surface area contributed by atoms with Crippen molar-refractivity contribution in [2.24, 2.45) is 0 Å². The summed E-state index contributed by atoms with van der Waals surface area (Å²) in [6.45, 7) is 0.275. The van der Waals surface area contributed by atoms with Crippen molar-refractivity contribution in [3.8, 4) is 23.0 Å². The van der Waals surface area contributed by atoms with Crippen LogP contribution in [0.25, 0.3) is 11.5 Å². The fourth-order valence-corrected chi connectivity index (χ4v) is 6.27. The number of methoxy groups -OCH3 is 2. The minimum Gasteiger partial charge on any atom is -0.497 e. The highest BCUT2D eigenvalue weighted by molar-refractivity contribution is 7.91. The number of rotatable bonds is 7. The monoisotopic (exact) mass is 478 g/mol. The molecule has 0 saturated carbocycles. The molecule has 1 unspecified atom stereocenters. The summed E-state index contributed by atoms with van der Waals surface area (Å²) < 4.78 is 43.6. The Morgan fingerprint density at radius 2 is 1.94 bits per heavy atom. The van der Waals surface area contributed by atoms with Crippen LogP contribution in [0, 0.1) is 0 Å². The highest BCUT2D eigenvalue weighted by Gasteiger charge is 2.38. The van der Waals surface area contributed by atoms with E-state index >= 15 is 0 Å². The lowest BCUT2D eigenvalue weighted by molar-refractivity contribution is -0.120. The highest BCUT2D eigenvalue weighted by Crippen LogP contribution is 2.31. The third-order valence-electron chi connectivity index (χ3n) is 5.07. The van der Waals surface area contributed by atoms with Crippen molar-refractivity contribution in [1.82, 2.24) is 14.5 Å². The van der Waals surface area contributed by atoms with Gasteiger partial charge < -0.3 is 13.9 Å². The van der Waals surface area contributed by atoms with E-state index < -0.39 is 22.0 Å². The Kier molecular flexibility index (Phi) is 6.44. The topological polar surface area (TPSA) is 124 Å². The summed E-state index contributed by atoms with van der Waals surface area (Å²) in [5.74, 6) is 0.729. The van der Waals surface area contributed by atoms with Crippen molar-refractivity contribution < 1.29 is 27.1 Å². The van der Waals surface area contributed by atoms with E-state index in [4.69, 9.17) is 13.9 Å². The van der Waals surface area contributed by atoms with Gasteiger partial charge in [-0.05, 0) is 36.4 Å². The Hall–Kier alpha value is -2.96. The first-order valence-electron chi connectivity index (χ1n) is 9.85. The van der Waals surface area contributed by atoms with E-state index in [2.05, 4.69) is 15.5 Å². The van der Waals surface area contributed by atoms with E-state index in [0.717, 1.165) is 17.8 Å². The predicted octanol–water partition coefficient (Wildman–Crippen LogP) is 3.00. The fraction of sp³-hybridized carbons (Fsp3) is 0.350. The number of nitrogens with one attached hydrogen (secondary N) is 1. The molecule has 32 heavy (non-hydrogen) atoms. The molecule has 4 rings (SSSR count). The minimum atomic E-state index is -3.76. The summed E-state index contributed by atoms with van der Waals surface area (Å²) in [6.07, 6.45) is 1.84. The highest BCUT2D eigenvalue weighted by atomic mass is 32.2. The summed E-state index contributed by atoms with van der Waals surface area (Å²) in [5, 5.41) is 12.1. The number of thiophene rings is 1. The van der Waals surface area contributed by atoms with Gasteiger partial charge in [0.15, 0.2) is 0 Å². The minimum absolute atomic E-state index is 0.120. The van der Waals surface area contributed by atoms with Crippen LogP contribution in [0.5, 0.6) is 11.5 Å². The molecule has 12 heteroatoms. The lowest BCUT2D eigenvalue weighted by atomic mass is 10.0. The molecule has 1 aliphatic rings. The van der Waals surface area contributed by atoms with E-state index in [1.807, 2.05) is 0 Å². The molecule has 1 saturated heterocycles. The van der Waals surface area contributed by atoms with Crippen molar-refractivity contribution >= 4 is 33.3 Å². The van der Waals surface area contributed by atoms with Crippen LogP contribution < -0.4 is 14.8 Å². The Bertz CT molecular complexity index is 1170. The smallest absolute Gasteiger partial charge is 0.322 e. The molecule has 3 aromatic rings. The molecule has 10 nitrogen and oxygen atoms in total. The van der Waals surface area contributed by atoms with Gasteiger partial charge in [-0.25, -0.2) is 8.42 Å². The van der Waals surface area contributed by atoms with E-state index in [-0.39, 0.29) is 22.7 Å². The van der Waals surface area contributed by atoms with Crippen LogP contribution in [-0.4, -0.2) is 55.6 Å². The molecule has 1 N–H and O–H groups in total. The standard InChI is InChI=1S/C20H22N4O6S2/c1-28-14-10-13(11-15(12-14)29-2)19-22-23-20(30-19)21-18(25)16-6-3-4-8-24(16)32(26,27)17-7-5-9-31-17/h5,7,9-12,16H,3-4,6,8H2,1-2H3,(H,21,23,25). The molecule has 1 aromatic carbocycles. The van der Waals surface area contributed by atoms with Gasteiger partial charge in [0.2, 0.25) is 11.8 Å². The SMILES string of the molecule is COc1cc(OC)cc(-c2nnc(NC(=O)C3CCCCN3S(=O)(=O)c3cccs3)o2)c1. The Morgan fingerprint density at radius 3 is 2.59 bits per heavy atom. The molecule has 1 aliphatic heterocycles. The van der Waals surface area contributed by atoms with Crippen LogP contribution in [0.2, 0.25) is 0 Å². The Morgan fingerprint density at radius 1 is 1.19 bits per heavy atom. The van der Waals surface area contributed by atoms with Crippen LogP contribution in [0.15, 0.2) is 44.3 Å². The molecule has 3 heterocycles. The second-order valence-electron chi connectivity index (χ2n) is 7.06. The number of benzene rings is 1. The normalized spacial score (nSPS) is 17.1. The maximum atomic E-state index is 13.0. The number of sulfonamides is 1. The van der Waals surface area contributed by atoms with Crippen LogP contribution >= 0.6 is 11.3 Å². The Balaban J connectivity index is 1.53. The molecule has 1 amide bonds. The average molecular weight is 479 g/mol. The molecule has 170 valence electrons. The first-order valence-corrected chi connectivity index (χ1v) is 12.2. The summed E-state index contributed by atoms with van der Waals surface area (Å²) in [4.78, 5) is 13.0. The summed E-state index contributed by atoms with van der Waals surface area (Å²) >= 11 is 1.13. The predicted molar refractivity (Wildman–Crippen MR) is 117 cm³/mol. The number of ether oxygens (including phenoxy) is 2. The summed E-state index contributed by atoms with van der Waals surface area (Å²) in [5.41, 5.74) is 0.550. The zero-order valence-electron chi connectivity index (χ0n) is 17.5. The van der Waals surface area contributed by atoms with Crippen LogP contribution in [0.1, 0.15) is 19.3 Å². The Labute approximate surface area is 189 Å². The van der Waals surface area contributed by atoms with Crippen molar-refractivity contribution in [2.45, 2.75) is 29.5 Å². The van der Waals surface area contributed by atoms with Gasteiger partial charge in [0.05, 0.1) is 14.2 Å². The second-order valence-corrected chi connectivity index (χ2v) is 10.1. The van der Waals surface area contributed by atoms with Crippen molar-refractivity contribution in [2.75, 3.05) is 26.1 Å². The number of carbonyl (C=O) groups excluding carboxylic acids is 1. The van der Waals surface area contributed by atoms with Crippen molar-refractivity contribution in [3.63, 3.8) is 0 Å². The van der Waals surface area contributed by atoms with Crippen LogP contribution in [-0.2, 0) is 14.8 Å². The first-order chi connectivity index (χ1) is 15.4. The van der Waals surface area contributed by atoms with E-state index in [9.17, 15) is 13.2 Å². The third kappa shape index (κ3) is 4.47. The van der Waals surface area contributed by atoms with Crippen molar-refractivity contribution in [1.29, 1.82) is 0 Å². The zero-order chi connectivity index (χ0) is 22.7. The number of aromatic nitrogens is 2. The number of anilines is 1. The van der Waals surface area contributed by atoms with Gasteiger partial charge in [-0.1, -0.05) is 17.6 Å². The van der Waals surface area contributed by atoms with Crippen molar-refractivity contribution in [3.05, 3.63) is 35.7 Å². The van der Waals surface area contributed by atoms with Crippen LogP contribution in [0.3, 0.4) is 0 Å². The van der Waals surface area contributed by atoms with Gasteiger partial charge in [0, 0.05) is 18.2 Å². The molecular formula is C20H22N4O6S2. The number of amides is 1. The largest absolute Gasteiger partial charge is 0.497 e. The maximum Gasteiger partial charge on any atom is 0.322 e. The van der Waals surface area contributed by atoms with Gasteiger partial charge in [-0.3, -0.25) is 10.1 Å². The van der Waals surface area contributed by atoms with E-state index in [0.29, 0.717) is 29.9 Å². The number of hydrogen-bond donors (Lipinski definition) is 1. The summed E-state index contributed by atoms with van der Waals surface area (Å²) in [7, 11) is -0.710. The lowest BCUT2D eigenvalue weighted by Gasteiger charge is -2.32. The average Bonchev–Trinajstić information content (AvgIpc) is 3.51. The molecule has 1 fully saturated rings. The number of hydrogen-bond acceptors (Lipinski definition) is 9. The van der Waals surface area contributed by atoms with Gasteiger partial charge in [-0.15, -0.1) is 16.4 Å². The quantitative estimate of drug-likeness (QED) is 0.550. The first kappa shape index (κ1) is 22.2. The molecule has 1 atom stereocenters.